The number of piperidine rings is 1. The molecule has 1 amide bonds. The lowest BCUT2D eigenvalue weighted by Crippen LogP contribution is -2.41. The molecule has 192 valence electrons. The van der Waals surface area contributed by atoms with E-state index in [9.17, 15) is 9.59 Å². The van der Waals surface area contributed by atoms with E-state index in [1.54, 1.807) is 0 Å². The molecule has 5 nitrogen and oxygen atoms in total. The normalized spacial score (nSPS) is 18.0. The molecule has 2 heterocycles. The zero-order chi connectivity index (χ0) is 25.2. The zero-order valence-electron chi connectivity index (χ0n) is 21.5. The minimum absolute atomic E-state index is 0.102. The van der Waals surface area contributed by atoms with Crippen molar-refractivity contribution in [1.29, 1.82) is 0 Å². The van der Waals surface area contributed by atoms with Crippen molar-refractivity contribution in [3.63, 3.8) is 0 Å². The Morgan fingerprint density at radius 3 is 2.43 bits per heavy atom. The number of nitrogens with zero attached hydrogens (tertiary/aromatic N) is 3. The van der Waals surface area contributed by atoms with Gasteiger partial charge in [-0.1, -0.05) is 79.2 Å². The van der Waals surface area contributed by atoms with Crippen molar-refractivity contribution < 1.29 is 4.79 Å². The summed E-state index contributed by atoms with van der Waals surface area (Å²) >= 11 is 1.44. The summed E-state index contributed by atoms with van der Waals surface area (Å²) in [6, 6.07) is 18.8. The van der Waals surface area contributed by atoms with Gasteiger partial charge in [0.2, 0.25) is 5.91 Å². The average molecular weight is 514 g/mol. The largest absolute Gasteiger partial charge is 0.342 e. The van der Waals surface area contributed by atoms with Crippen molar-refractivity contribution in [2.75, 3.05) is 18.8 Å². The van der Waals surface area contributed by atoms with Crippen LogP contribution in [0.5, 0.6) is 0 Å². The van der Waals surface area contributed by atoms with Crippen LogP contribution in [0.2, 0.25) is 0 Å². The summed E-state index contributed by atoms with van der Waals surface area (Å²) in [5, 5.41) is 0.676. The summed E-state index contributed by atoms with van der Waals surface area (Å²) in [6.45, 7) is 2.25. The standard InChI is InChI=1S/C31H35N3O2S/c35-26(33-18-9-2-10-19-33)22-37-30-32-28-25-14-6-5-13-24(25)21-31(16-7-8-17-31)27(28)29(36)34(30)20-15-23-11-3-1-4-12-23/h1,3-6,11-14H,2,7-10,15-22H2. The number of hydrogen-bond donors (Lipinski definition) is 0. The number of aryl methyl sites for hydroxylation is 1. The molecule has 1 aromatic heterocycles. The van der Waals surface area contributed by atoms with Crippen molar-refractivity contribution in [3.05, 3.63) is 81.6 Å². The highest BCUT2D eigenvalue weighted by Crippen LogP contribution is 2.50. The number of thioether (sulfide) groups is 1. The molecule has 0 N–H and O–H groups in total. The van der Waals surface area contributed by atoms with Crippen molar-refractivity contribution in [1.82, 2.24) is 14.5 Å². The molecule has 6 rings (SSSR count). The molecular weight excluding hydrogens is 478 g/mol. The molecule has 3 aliphatic rings. The zero-order valence-corrected chi connectivity index (χ0v) is 22.3. The summed E-state index contributed by atoms with van der Waals surface area (Å²) < 4.78 is 1.88. The fourth-order valence-electron chi connectivity index (χ4n) is 6.60. The highest BCUT2D eigenvalue weighted by Gasteiger charge is 2.44. The van der Waals surface area contributed by atoms with Gasteiger partial charge in [0, 0.05) is 30.6 Å². The Balaban J connectivity index is 1.41. The molecule has 37 heavy (non-hydrogen) atoms. The van der Waals surface area contributed by atoms with Crippen LogP contribution in [0.15, 0.2) is 64.5 Å². The van der Waals surface area contributed by atoms with Gasteiger partial charge >= 0.3 is 0 Å². The van der Waals surface area contributed by atoms with Crippen LogP contribution in [0, 0.1) is 0 Å². The minimum Gasteiger partial charge on any atom is -0.342 e. The van der Waals surface area contributed by atoms with Crippen molar-refractivity contribution >= 4 is 17.7 Å². The van der Waals surface area contributed by atoms with Gasteiger partial charge in [0.05, 0.1) is 17.0 Å². The predicted octanol–water partition coefficient (Wildman–Crippen LogP) is 5.63. The van der Waals surface area contributed by atoms with Gasteiger partial charge in [-0.05, 0) is 56.1 Å². The fourth-order valence-corrected chi connectivity index (χ4v) is 7.52. The molecule has 2 fully saturated rings. The molecule has 0 radical (unpaired) electrons. The van der Waals surface area contributed by atoms with E-state index >= 15 is 0 Å². The van der Waals surface area contributed by atoms with E-state index in [1.165, 1.54) is 29.3 Å². The third-order valence-corrected chi connectivity index (χ3v) is 9.49. The molecule has 2 aliphatic carbocycles. The number of carbonyl (C=O) groups is 1. The smallest absolute Gasteiger partial charge is 0.258 e. The van der Waals surface area contributed by atoms with E-state index in [4.69, 9.17) is 4.98 Å². The van der Waals surface area contributed by atoms with E-state index in [0.29, 0.717) is 17.5 Å². The lowest BCUT2D eigenvalue weighted by atomic mass is 9.68. The second kappa shape index (κ2) is 10.5. The number of rotatable bonds is 6. The first-order valence-corrected chi connectivity index (χ1v) is 14.8. The molecule has 2 aromatic carbocycles. The summed E-state index contributed by atoms with van der Waals surface area (Å²) in [5.74, 6) is 0.475. The molecule has 0 atom stereocenters. The SMILES string of the molecule is O=C(CSc1nc2c(c(=O)n1CCc1ccccc1)C1(CCCC1)Cc1ccccc1-2)N1CCCCC1. The van der Waals surface area contributed by atoms with Gasteiger partial charge in [-0.2, -0.15) is 0 Å². The van der Waals surface area contributed by atoms with Gasteiger partial charge in [0.25, 0.3) is 5.56 Å². The van der Waals surface area contributed by atoms with E-state index < -0.39 is 0 Å². The Kier molecular flexibility index (Phi) is 6.94. The Labute approximate surface area is 223 Å². The number of likely N-dealkylation sites (tertiary alicyclic amines) is 1. The molecule has 0 bridgehead atoms. The van der Waals surface area contributed by atoms with Gasteiger partial charge in [-0.3, -0.25) is 14.2 Å². The Morgan fingerprint density at radius 1 is 0.919 bits per heavy atom. The van der Waals surface area contributed by atoms with Crippen molar-refractivity contribution in [2.24, 2.45) is 0 Å². The minimum atomic E-state index is -0.116. The second-order valence-electron chi connectivity index (χ2n) is 10.9. The van der Waals surface area contributed by atoms with Crippen LogP contribution in [-0.2, 0) is 29.6 Å². The average Bonchev–Trinajstić information content (AvgIpc) is 3.40. The number of fused-ring (bicyclic) bond motifs is 4. The molecular formula is C31H35N3O2S. The topological polar surface area (TPSA) is 55.2 Å². The first-order chi connectivity index (χ1) is 18.1. The third kappa shape index (κ3) is 4.76. The summed E-state index contributed by atoms with van der Waals surface area (Å²) in [4.78, 5) is 34.6. The quantitative estimate of drug-likeness (QED) is 0.317. The third-order valence-electron chi connectivity index (χ3n) is 8.53. The van der Waals surface area contributed by atoms with Crippen molar-refractivity contribution in [2.45, 2.75) is 74.9 Å². The molecule has 1 aliphatic heterocycles. The molecule has 1 saturated heterocycles. The van der Waals surface area contributed by atoms with Gasteiger partial charge in [0.1, 0.15) is 0 Å². The highest BCUT2D eigenvalue weighted by atomic mass is 32.2. The number of amides is 1. The summed E-state index contributed by atoms with van der Waals surface area (Å²) in [7, 11) is 0. The van der Waals surface area contributed by atoms with Crippen LogP contribution in [0.4, 0.5) is 0 Å². The fraction of sp³-hybridized carbons (Fsp3) is 0.452. The maximum absolute atomic E-state index is 14.4. The molecule has 3 aromatic rings. The Hall–Kier alpha value is -2.86. The van der Waals surface area contributed by atoms with Gasteiger partial charge in [-0.25, -0.2) is 4.98 Å². The molecule has 0 unspecified atom stereocenters. The number of benzene rings is 2. The van der Waals surface area contributed by atoms with Gasteiger partial charge in [0.15, 0.2) is 5.16 Å². The lowest BCUT2D eigenvalue weighted by Gasteiger charge is -2.36. The highest BCUT2D eigenvalue weighted by molar-refractivity contribution is 7.99. The van der Waals surface area contributed by atoms with Crippen LogP contribution in [0.1, 0.15) is 61.6 Å². The summed E-state index contributed by atoms with van der Waals surface area (Å²) in [6.07, 6.45) is 9.45. The number of carbonyl (C=O) groups excluding carboxylic acids is 1. The van der Waals surface area contributed by atoms with Crippen molar-refractivity contribution in [3.8, 4) is 11.3 Å². The lowest BCUT2D eigenvalue weighted by molar-refractivity contribution is -0.129. The van der Waals surface area contributed by atoms with E-state index in [-0.39, 0.29) is 16.9 Å². The maximum Gasteiger partial charge on any atom is 0.258 e. The first kappa shape index (κ1) is 24.5. The second-order valence-corrected chi connectivity index (χ2v) is 11.8. The van der Waals surface area contributed by atoms with Gasteiger partial charge in [-0.15, -0.1) is 0 Å². The van der Waals surface area contributed by atoms with E-state index in [2.05, 4.69) is 30.3 Å². The summed E-state index contributed by atoms with van der Waals surface area (Å²) in [5.41, 5.74) is 5.35. The number of hydrogen-bond acceptors (Lipinski definition) is 4. The van der Waals surface area contributed by atoms with Crippen LogP contribution in [-0.4, -0.2) is 39.2 Å². The predicted molar refractivity (Wildman–Crippen MR) is 149 cm³/mol. The monoisotopic (exact) mass is 513 g/mol. The number of aromatic nitrogens is 2. The maximum atomic E-state index is 14.4. The van der Waals surface area contributed by atoms with Crippen LogP contribution in [0.3, 0.4) is 0 Å². The van der Waals surface area contributed by atoms with Crippen LogP contribution >= 0.6 is 11.8 Å². The Bertz CT molecular complexity index is 1340. The molecule has 1 spiro atoms. The van der Waals surface area contributed by atoms with Crippen LogP contribution in [0.25, 0.3) is 11.3 Å². The van der Waals surface area contributed by atoms with E-state index in [0.717, 1.165) is 81.3 Å². The van der Waals surface area contributed by atoms with Crippen LogP contribution < -0.4 is 5.56 Å². The first-order valence-electron chi connectivity index (χ1n) is 13.8. The van der Waals surface area contributed by atoms with E-state index in [1.807, 2.05) is 33.7 Å². The molecule has 6 heteroatoms. The van der Waals surface area contributed by atoms with Gasteiger partial charge < -0.3 is 4.90 Å². The molecule has 1 saturated carbocycles. The Morgan fingerprint density at radius 2 is 1.65 bits per heavy atom.